The number of nitrogens with zero attached hydrogens (tertiary/aromatic N) is 1. The highest BCUT2D eigenvalue weighted by Crippen LogP contribution is 2.26. The predicted molar refractivity (Wildman–Crippen MR) is 68.4 cm³/mol. The molecule has 4 nitrogen and oxygen atoms in total. The van der Waals surface area contributed by atoms with Crippen molar-refractivity contribution in [2.24, 2.45) is 0 Å². The molecule has 0 spiro atoms. The van der Waals surface area contributed by atoms with Gasteiger partial charge in [-0.1, -0.05) is 6.07 Å². The minimum Gasteiger partial charge on any atom is -0.440 e. The van der Waals surface area contributed by atoms with Gasteiger partial charge in [-0.2, -0.15) is 0 Å². The Morgan fingerprint density at radius 3 is 3.06 bits per heavy atom. The van der Waals surface area contributed by atoms with E-state index >= 15 is 0 Å². The SMILES string of the molecule is Cc1oc(-c2cccs2)nc1C[S@](=O)CCO. The third-order valence-corrected chi connectivity index (χ3v) is 4.33. The maximum Gasteiger partial charge on any atom is 0.236 e. The van der Waals surface area contributed by atoms with Crippen molar-refractivity contribution in [1.82, 2.24) is 4.98 Å². The summed E-state index contributed by atoms with van der Waals surface area (Å²) in [5.74, 6) is 1.88. The second kappa shape index (κ2) is 5.57. The zero-order valence-electron chi connectivity index (χ0n) is 9.38. The Morgan fingerprint density at radius 2 is 2.41 bits per heavy atom. The van der Waals surface area contributed by atoms with E-state index in [4.69, 9.17) is 9.52 Å². The topological polar surface area (TPSA) is 63.3 Å². The monoisotopic (exact) mass is 271 g/mol. The molecular formula is C11H13NO3S2. The summed E-state index contributed by atoms with van der Waals surface area (Å²) in [7, 11) is -1.08. The third kappa shape index (κ3) is 3.02. The van der Waals surface area contributed by atoms with Crippen molar-refractivity contribution in [3.8, 4) is 10.8 Å². The van der Waals surface area contributed by atoms with Crippen LogP contribution < -0.4 is 0 Å². The Morgan fingerprint density at radius 1 is 1.59 bits per heavy atom. The van der Waals surface area contributed by atoms with Gasteiger partial charge < -0.3 is 9.52 Å². The van der Waals surface area contributed by atoms with Gasteiger partial charge in [-0.05, 0) is 18.4 Å². The first-order chi connectivity index (χ1) is 8.20. The molecule has 92 valence electrons. The lowest BCUT2D eigenvalue weighted by Gasteiger charge is -1.96. The average molecular weight is 271 g/mol. The minimum absolute atomic E-state index is 0.0682. The van der Waals surface area contributed by atoms with Gasteiger partial charge in [-0.25, -0.2) is 4.98 Å². The molecule has 0 radical (unpaired) electrons. The highest BCUT2D eigenvalue weighted by Gasteiger charge is 2.14. The number of aromatic nitrogens is 1. The van der Waals surface area contributed by atoms with Crippen LogP contribution in [0, 0.1) is 6.92 Å². The summed E-state index contributed by atoms with van der Waals surface area (Å²) in [5.41, 5.74) is 0.709. The quantitative estimate of drug-likeness (QED) is 0.903. The number of hydrogen-bond donors (Lipinski definition) is 1. The molecule has 0 saturated heterocycles. The Kier molecular flexibility index (Phi) is 4.09. The summed E-state index contributed by atoms with van der Waals surface area (Å²) in [6, 6.07) is 3.87. The first-order valence-electron chi connectivity index (χ1n) is 5.16. The van der Waals surface area contributed by atoms with Crippen LogP contribution in [0.1, 0.15) is 11.5 Å². The molecule has 0 aliphatic carbocycles. The fourth-order valence-corrected chi connectivity index (χ4v) is 2.96. The summed E-state index contributed by atoms with van der Waals surface area (Å²) >= 11 is 1.56. The van der Waals surface area contributed by atoms with Gasteiger partial charge in [0.05, 0.1) is 22.9 Å². The molecule has 2 aromatic rings. The molecule has 2 rings (SSSR count). The number of aliphatic hydroxyl groups is 1. The van der Waals surface area contributed by atoms with Crippen molar-refractivity contribution in [3.63, 3.8) is 0 Å². The predicted octanol–water partition coefficient (Wildman–Crippen LogP) is 1.95. The number of rotatable bonds is 5. The maximum absolute atomic E-state index is 11.5. The molecule has 0 aliphatic heterocycles. The lowest BCUT2D eigenvalue weighted by molar-refractivity contribution is 0.321. The molecule has 0 aromatic carbocycles. The molecule has 0 aliphatic rings. The molecule has 1 atom stereocenters. The molecule has 0 bridgehead atoms. The summed E-state index contributed by atoms with van der Waals surface area (Å²) in [6.45, 7) is 1.75. The van der Waals surface area contributed by atoms with Crippen molar-refractivity contribution in [2.45, 2.75) is 12.7 Å². The second-order valence-electron chi connectivity index (χ2n) is 3.51. The Balaban J connectivity index is 2.17. The third-order valence-electron chi connectivity index (χ3n) is 2.24. The van der Waals surface area contributed by atoms with E-state index in [1.165, 1.54) is 0 Å². The number of aryl methyl sites for hydroxylation is 1. The molecular weight excluding hydrogens is 258 g/mol. The van der Waals surface area contributed by atoms with E-state index in [-0.39, 0.29) is 12.4 Å². The van der Waals surface area contributed by atoms with Crippen molar-refractivity contribution in [1.29, 1.82) is 0 Å². The first kappa shape index (κ1) is 12.5. The smallest absolute Gasteiger partial charge is 0.236 e. The van der Waals surface area contributed by atoms with Gasteiger partial charge in [0, 0.05) is 16.6 Å². The fraction of sp³-hybridized carbons (Fsp3) is 0.364. The van der Waals surface area contributed by atoms with Crippen LogP contribution in [0.4, 0.5) is 0 Å². The maximum atomic E-state index is 11.5. The summed E-state index contributed by atoms with van der Waals surface area (Å²) in [4.78, 5) is 5.31. The lowest BCUT2D eigenvalue weighted by Crippen LogP contribution is -2.05. The van der Waals surface area contributed by atoms with Crippen LogP contribution >= 0.6 is 11.3 Å². The van der Waals surface area contributed by atoms with E-state index in [1.54, 1.807) is 11.3 Å². The Labute approximate surface area is 106 Å². The molecule has 2 heterocycles. The van der Waals surface area contributed by atoms with Crippen LogP contribution in [-0.2, 0) is 16.6 Å². The van der Waals surface area contributed by atoms with Crippen molar-refractivity contribution >= 4 is 22.1 Å². The van der Waals surface area contributed by atoms with Crippen molar-refractivity contribution in [2.75, 3.05) is 12.4 Å². The molecule has 6 heteroatoms. The number of oxazole rings is 1. The van der Waals surface area contributed by atoms with Gasteiger partial charge in [0.1, 0.15) is 5.76 Å². The van der Waals surface area contributed by atoms with E-state index in [0.29, 0.717) is 23.1 Å². The zero-order chi connectivity index (χ0) is 12.3. The van der Waals surface area contributed by atoms with Crippen molar-refractivity contribution in [3.05, 3.63) is 29.0 Å². The van der Waals surface area contributed by atoms with Crippen LogP contribution in [0.5, 0.6) is 0 Å². The van der Waals surface area contributed by atoms with Crippen molar-refractivity contribution < 1.29 is 13.7 Å². The average Bonchev–Trinajstić information content (AvgIpc) is 2.89. The normalized spacial score (nSPS) is 12.8. The largest absolute Gasteiger partial charge is 0.440 e. The first-order valence-corrected chi connectivity index (χ1v) is 7.53. The molecule has 2 aromatic heterocycles. The molecule has 0 fully saturated rings. The van der Waals surface area contributed by atoms with Crippen LogP contribution in [0.2, 0.25) is 0 Å². The molecule has 0 unspecified atom stereocenters. The lowest BCUT2D eigenvalue weighted by atomic mass is 10.4. The molecule has 0 saturated carbocycles. The van der Waals surface area contributed by atoms with E-state index in [0.717, 1.165) is 4.88 Å². The number of aliphatic hydroxyl groups excluding tert-OH is 1. The van der Waals surface area contributed by atoms with Gasteiger partial charge in [0.2, 0.25) is 5.89 Å². The number of hydrogen-bond acceptors (Lipinski definition) is 5. The highest BCUT2D eigenvalue weighted by molar-refractivity contribution is 7.84. The van der Waals surface area contributed by atoms with Gasteiger partial charge in [0.15, 0.2) is 0 Å². The molecule has 1 N–H and O–H groups in total. The minimum atomic E-state index is -1.08. The van der Waals surface area contributed by atoms with Crippen LogP contribution in [-0.4, -0.2) is 26.7 Å². The van der Waals surface area contributed by atoms with E-state index in [9.17, 15) is 4.21 Å². The molecule has 17 heavy (non-hydrogen) atoms. The zero-order valence-corrected chi connectivity index (χ0v) is 11.0. The summed E-state index contributed by atoms with van der Waals surface area (Å²) in [5, 5.41) is 10.7. The number of thiophene rings is 1. The van der Waals surface area contributed by atoms with Crippen LogP contribution in [0.15, 0.2) is 21.9 Å². The van der Waals surface area contributed by atoms with Crippen LogP contribution in [0.25, 0.3) is 10.8 Å². The Hall–Kier alpha value is -0.980. The van der Waals surface area contributed by atoms with Gasteiger partial charge in [-0.15, -0.1) is 11.3 Å². The van der Waals surface area contributed by atoms with Crippen LogP contribution in [0.3, 0.4) is 0 Å². The summed E-state index contributed by atoms with van der Waals surface area (Å²) in [6.07, 6.45) is 0. The van der Waals surface area contributed by atoms with Gasteiger partial charge in [0.25, 0.3) is 0 Å². The van der Waals surface area contributed by atoms with E-state index < -0.39 is 10.8 Å². The highest BCUT2D eigenvalue weighted by atomic mass is 32.2. The van der Waals surface area contributed by atoms with Gasteiger partial charge >= 0.3 is 0 Å². The van der Waals surface area contributed by atoms with E-state index in [2.05, 4.69) is 4.98 Å². The second-order valence-corrected chi connectivity index (χ2v) is 6.04. The standard InChI is InChI=1S/C11H13NO3S2/c1-8-9(7-17(14)6-4-13)12-11(15-8)10-3-2-5-16-10/h2-3,5,13H,4,6-7H2,1H3/t17-/m1/s1. The van der Waals surface area contributed by atoms with E-state index in [1.807, 2.05) is 24.4 Å². The summed E-state index contributed by atoms with van der Waals surface area (Å²) < 4.78 is 17.1. The van der Waals surface area contributed by atoms with Gasteiger partial charge in [-0.3, -0.25) is 4.21 Å². The fourth-order valence-electron chi connectivity index (χ4n) is 1.39. The molecule has 0 amide bonds. The Bertz CT molecular complexity index is 505.